The van der Waals surface area contributed by atoms with Gasteiger partial charge in [0.25, 0.3) is 0 Å². The molecule has 0 radical (unpaired) electrons. The fourth-order valence-corrected chi connectivity index (χ4v) is 2.79. The minimum atomic E-state index is -0.362. The molecule has 0 atom stereocenters. The van der Waals surface area contributed by atoms with E-state index in [-0.39, 0.29) is 5.54 Å². The minimum absolute atomic E-state index is 0.362. The van der Waals surface area contributed by atoms with Gasteiger partial charge in [-0.3, -0.25) is 4.79 Å². The number of hydrogen-bond donors (Lipinski definition) is 1. The molecule has 1 saturated carbocycles. The van der Waals surface area contributed by atoms with Crippen LogP contribution in [0, 0.1) is 0 Å². The van der Waals surface area contributed by atoms with Crippen LogP contribution >= 0.6 is 15.9 Å². The highest BCUT2D eigenvalue weighted by molar-refractivity contribution is 9.10. The van der Waals surface area contributed by atoms with E-state index in [1.165, 1.54) is 7.11 Å². The standard InChI is InChI=1S/C12H14BrNO3/c1-16-10-7(6-15)5-8(13)9(11(10)17-2)12(14)3-4-12/h5-6H,3-4,14H2,1-2H3. The number of benzene rings is 1. The minimum Gasteiger partial charge on any atom is -0.492 e. The molecule has 5 heteroatoms. The van der Waals surface area contributed by atoms with Crippen LogP contribution in [0.1, 0.15) is 28.8 Å². The van der Waals surface area contributed by atoms with E-state index >= 15 is 0 Å². The first-order chi connectivity index (χ1) is 8.07. The molecule has 0 spiro atoms. The van der Waals surface area contributed by atoms with Crippen LogP contribution in [0.4, 0.5) is 0 Å². The number of rotatable bonds is 4. The summed E-state index contributed by atoms with van der Waals surface area (Å²) in [5.41, 5.74) is 7.17. The average Bonchev–Trinajstić information content (AvgIpc) is 3.06. The number of methoxy groups -OCH3 is 2. The van der Waals surface area contributed by atoms with E-state index < -0.39 is 0 Å². The molecule has 17 heavy (non-hydrogen) atoms. The first-order valence-corrected chi connectivity index (χ1v) is 6.05. The molecule has 0 unspecified atom stereocenters. The van der Waals surface area contributed by atoms with Gasteiger partial charge >= 0.3 is 0 Å². The van der Waals surface area contributed by atoms with Crippen molar-refractivity contribution in [3.05, 3.63) is 21.7 Å². The lowest BCUT2D eigenvalue weighted by atomic mass is 10.0. The van der Waals surface area contributed by atoms with Crippen molar-refractivity contribution in [3.63, 3.8) is 0 Å². The Kier molecular flexibility index (Phi) is 3.14. The van der Waals surface area contributed by atoms with Gasteiger partial charge in [0.1, 0.15) is 0 Å². The third-order valence-corrected chi connectivity index (χ3v) is 3.66. The van der Waals surface area contributed by atoms with E-state index in [1.54, 1.807) is 13.2 Å². The van der Waals surface area contributed by atoms with Gasteiger partial charge in [-0.15, -0.1) is 0 Å². The molecule has 0 amide bonds. The van der Waals surface area contributed by atoms with Crippen LogP contribution < -0.4 is 15.2 Å². The van der Waals surface area contributed by atoms with Crippen LogP contribution in [0.15, 0.2) is 10.5 Å². The quantitative estimate of drug-likeness (QED) is 0.866. The Balaban J connectivity index is 2.70. The Hall–Kier alpha value is -1.07. The zero-order chi connectivity index (χ0) is 12.6. The van der Waals surface area contributed by atoms with Gasteiger partial charge in [-0.2, -0.15) is 0 Å². The van der Waals surface area contributed by atoms with Crippen molar-refractivity contribution in [3.8, 4) is 11.5 Å². The molecule has 1 fully saturated rings. The van der Waals surface area contributed by atoms with Gasteiger partial charge in [0, 0.05) is 15.6 Å². The van der Waals surface area contributed by atoms with Crippen molar-refractivity contribution in [1.29, 1.82) is 0 Å². The number of carbonyl (C=O) groups is 1. The lowest BCUT2D eigenvalue weighted by Gasteiger charge is -2.20. The third-order valence-electron chi connectivity index (χ3n) is 3.04. The second-order valence-corrected chi connectivity index (χ2v) is 5.02. The van der Waals surface area contributed by atoms with E-state index in [4.69, 9.17) is 15.2 Å². The molecule has 2 N–H and O–H groups in total. The Morgan fingerprint density at radius 1 is 1.35 bits per heavy atom. The van der Waals surface area contributed by atoms with Crippen LogP contribution in [-0.2, 0) is 5.54 Å². The van der Waals surface area contributed by atoms with Gasteiger partial charge in [-0.1, -0.05) is 15.9 Å². The second-order valence-electron chi connectivity index (χ2n) is 4.16. The first kappa shape index (κ1) is 12.4. The Morgan fingerprint density at radius 3 is 2.35 bits per heavy atom. The summed E-state index contributed by atoms with van der Waals surface area (Å²) in [6, 6.07) is 1.72. The van der Waals surface area contributed by atoms with E-state index in [0.29, 0.717) is 17.1 Å². The number of hydrogen-bond acceptors (Lipinski definition) is 4. The zero-order valence-corrected chi connectivity index (χ0v) is 11.3. The fourth-order valence-electron chi connectivity index (χ4n) is 1.97. The second kappa shape index (κ2) is 4.31. The van der Waals surface area contributed by atoms with E-state index in [2.05, 4.69) is 15.9 Å². The van der Waals surface area contributed by atoms with Crippen molar-refractivity contribution in [2.75, 3.05) is 14.2 Å². The van der Waals surface area contributed by atoms with Crippen molar-refractivity contribution in [2.45, 2.75) is 18.4 Å². The number of nitrogens with two attached hydrogens (primary N) is 1. The molecule has 1 aliphatic carbocycles. The van der Waals surface area contributed by atoms with Gasteiger partial charge in [0.15, 0.2) is 17.8 Å². The van der Waals surface area contributed by atoms with Crippen LogP contribution in [-0.4, -0.2) is 20.5 Å². The maximum atomic E-state index is 11.0. The van der Waals surface area contributed by atoms with Crippen molar-refractivity contribution in [1.82, 2.24) is 0 Å². The topological polar surface area (TPSA) is 61.5 Å². The molecule has 0 bridgehead atoms. The van der Waals surface area contributed by atoms with Crippen LogP contribution in [0.5, 0.6) is 11.5 Å². The van der Waals surface area contributed by atoms with E-state index in [1.807, 2.05) is 0 Å². The SMILES string of the molecule is COc1c(C=O)cc(Br)c(C2(N)CC2)c1OC. The van der Waals surface area contributed by atoms with Crippen LogP contribution in [0.2, 0.25) is 0 Å². The normalized spacial score (nSPS) is 16.5. The summed E-state index contributed by atoms with van der Waals surface area (Å²) >= 11 is 3.44. The number of carbonyl (C=O) groups excluding carboxylic acids is 1. The smallest absolute Gasteiger partial charge is 0.171 e. The summed E-state index contributed by atoms with van der Waals surface area (Å²) in [6.07, 6.45) is 2.56. The summed E-state index contributed by atoms with van der Waals surface area (Å²) in [5.74, 6) is 0.987. The summed E-state index contributed by atoms with van der Waals surface area (Å²) in [7, 11) is 3.06. The summed E-state index contributed by atoms with van der Waals surface area (Å²) in [5, 5.41) is 0. The fraction of sp³-hybridized carbons (Fsp3) is 0.417. The highest BCUT2D eigenvalue weighted by Gasteiger charge is 2.45. The predicted octanol–water partition coefficient (Wildman–Crippen LogP) is 2.23. The van der Waals surface area contributed by atoms with Crippen molar-refractivity contribution < 1.29 is 14.3 Å². The molecule has 0 saturated heterocycles. The Labute approximate surface area is 108 Å². The van der Waals surface area contributed by atoms with Gasteiger partial charge in [0.05, 0.1) is 19.8 Å². The first-order valence-electron chi connectivity index (χ1n) is 5.26. The molecule has 1 aromatic rings. The highest BCUT2D eigenvalue weighted by Crippen LogP contribution is 2.52. The van der Waals surface area contributed by atoms with E-state index in [9.17, 15) is 4.79 Å². The number of halogens is 1. The molecule has 1 aliphatic rings. The van der Waals surface area contributed by atoms with Gasteiger partial charge in [-0.05, 0) is 18.9 Å². The molecule has 1 aromatic carbocycles. The molecule has 0 aromatic heterocycles. The lowest BCUT2D eigenvalue weighted by molar-refractivity contribution is 0.111. The van der Waals surface area contributed by atoms with Crippen molar-refractivity contribution >= 4 is 22.2 Å². The van der Waals surface area contributed by atoms with Gasteiger partial charge in [0.2, 0.25) is 0 Å². The lowest BCUT2D eigenvalue weighted by Crippen LogP contribution is -2.21. The average molecular weight is 300 g/mol. The Morgan fingerprint density at radius 2 is 1.94 bits per heavy atom. The van der Waals surface area contributed by atoms with Gasteiger partial charge in [-0.25, -0.2) is 0 Å². The predicted molar refractivity (Wildman–Crippen MR) is 67.7 cm³/mol. The molecular formula is C12H14BrNO3. The number of ether oxygens (including phenoxy) is 2. The van der Waals surface area contributed by atoms with Gasteiger partial charge < -0.3 is 15.2 Å². The Bertz CT molecular complexity index is 469. The maximum absolute atomic E-state index is 11.0. The highest BCUT2D eigenvalue weighted by atomic mass is 79.9. The molecule has 0 aliphatic heterocycles. The zero-order valence-electron chi connectivity index (χ0n) is 9.75. The number of aldehydes is 1. The summed E-state index contributed by atoms with van der Waals surface area (Å²) in [6.45, 7) is 0. The van der Waals surface area contributed by atoms with Crippen LogP contribution in [0.3, 0.4) is 0 Å². The maximum Gasteiger partial charge on any atom is 0.171 e. The molecule has 0 heterocycles. The summed E-state index contributed by atoms with van der Waals surface area (Å²) < 4.78 is 11.4. The third kappa shape index (κ3) is 1.93. The molecule has 92 valence electrons. The van der Waals surface area contributed by atoms with E-state index in [0.717, 1.165) is 29.2 Å². The molecule has 2 rings (SSSR count). The molecule has 4 nitrogen and oxygen atoms in total. The largest absolute Gasteiger partial charge is 0.492 e. The van der Waals surface area contributed by atoms with Crippen LogP contribution in [0.25, 0.3) is 0 Å². The van der Waals surface area contributed by atoms with Crippen molar-refractivity contribution in [2.24, 2.45) is 5.73 Å². The molecular weight excluding hydrogens is 286 g/mol. The monoisotopic (exact) mass is 299 g/mol. The summed E-state index contributed by atoms with van der Waals surface area (Å²) in [4.78, 5) is 11.0.